The summed E-state index contributed by atoms with van der Waals surface area (Å²) in [4.78, 5) is 26.7. The summed E-state index contributed by atoms with van der Waals surface area (Å²) in [6.07, 6.45) is 0. The second-order valence-electron chi connectivity index (χ2n) is 8.83. The van der Waals surface area contributed by atoms with Crippen molar-refractivity contribution in [2.75, 3.05) is 38.2 Å². The number of methoxy groups -OCH3 is 1. The van der Waals surface area contributed by atoms with Gasteiger partial charge in [0.25, 0.3) is 15.9 Å². The van der Waals surface area contributed by atoms with Gasteiger partial charge in [-0.15, -0.1) is 0 Å². The Bertz CT molecular complexity index is 1070. The summed E-state index contributed by atoms with van der Waals surface area (Å²) in [7, 11) is -0.988. The van der Waals surface area contributed by atoms with Crippen molar-refractivity contribution in [2.24, 2.45) is 11.8 Å². The highest BCUT2D eigenvalue weighted by molar-refractivity contribution is 7.92. The van der Waals surface area contributed by atoms with Gasteiger partial charge in [-0.2, -0.15) is 0 Å². The lowest BCUT2D eigenvalue weighted by molar-refractivity contribution is -0.135. The molecule has 0 aliphatic rings. The lowest BCUT2D eigenvalue weighted by atomic mass is 10.1. The van der Waals surface area contributed by atoms with Crippen LogP contribution in [0.5, 0.6) is 5.75 Å². The number of nitrogens with zero attached hydrogens (tertiary/aromatic N) is 2. The minimum Gasteiger partial charge on any atom is -0.495 e. The Hall–Kier alpha value is -3.07. The number of carbonyl (C=O) groups excluding carboxylic acids is 2. The Kier molecular flexibility index (Phi) is 9.49. The molecule has 0 bridgehead atoms. The highest BCUT2D eigenvalue weighted by Crippen LogP contribution is 2.30. The summed E-state index contributed by atoms with van der Waals surface area (Å²) >= 11 is 0. The van der Waals surface area contributed by atoms with Crippen molar-refractivity contribution in [1.82, 2.24) is 4.90 Å². The predicted molar refractivity (Wildman–Crippen MR) is 132 cm³/mol. The third-order valence-corrected chi connectivity index (χ3v) is 6.81. The third kappa shape index (κ3) is 6.96. The first-order chi connectivity index (χ1) is 16.0. The van der Waals surface area contributed by atoms with Crippen molar-refractivity contribution in [3.8, 4) is 5.75 Å². The summed E-state index contributed by atoms with van der Waals surface area (Å²) in [5.41, 5.74) is 0.547. The Labute approximate surface area is 202 Å². The van der Waals surface area contributed by atoms with Crippen LogP contribution in [0.2, 0.25) is 0 Å². The molecule has 0 aromatic heterocycles. The zero-order valence-electron chi connectivity index (χ0n) is 20.6. The van der Waals surface area contributed by atoms with Crippen LogP contribution in [0.15, 0.2) is 53.4 Å². The minimum absolute atomic E-state index is 0.00794. The van der Waals surface area contributed by atoms with Crippen molar-refractivity contribution < 1.29 is 27.5 Å². The lowest BCUT2D eigenvalue weighted by Gasteiger charge is -2.26. The van der Waals surface area contributed by atoms with Gasteiger partial charge >= 0.3 is 5.97 Å². The van der Waals surface area contributed by atoms with Crippen molar-refractivity contribution >= 4 is 27.6 Å². The van der Waals surface area contributed by atoms with Crippen LogP contribution in [0, 0.1) is 11.8 Å². The maximum atomic E-state index is 13.1. The fourth-order valence-corrected chi connectivity index (χ4v) is 4.61. The number of ether oxygens (including phenoxy) is 2. The third-order valence-electron chi connectivity index (χ3n) is 5.02. The molecule has 2 rings (SSSR count). The number of carbonyl (C=O) groups is 2. The number of rotatable bonds is 11. The van der Waals surface area contributed by atoms with E-state index in [1.54, 1.807) is 29.2 Å². The molecular weight excluding hydrogens is 456 g/mol. The van der Waals surface area contributed by atoms with Gasteiger partial charge in [-0.05, 0) is 48.2 Å². The molecule has 0 radical (unpaired) electrons. The fraction of sp³-hybridized carbons (Fsp3) is 0.440. The Morgan fingerprint density at radius 3 is 2.00 bits per heavy atom. The average Bonchev–Trinajstić information content (AvgIpc) is 2.80. The summed E-state index contributed by atoms with van der Waals surface area (Å²) in [6.45, 7) is 8.89. The average molecular weight is 491 g/mol. The van der Waals surface area contributed by atoms with E-state index >= 15 is 0 Å². The van der Waals surface area contributed by atoms with E-state index in [0.29, 0.717) is 36.4 Å². The molecule has 1 amide bonds. The van der Waals surface area contributed by atoms with Gasteiger partial charge in [0.2, 0.25) is 0 Å². The van der Waals surface area contributed by atoms with Crippen molar-refractivity contribution in [3.05, 3.63) is 54.1 Å². The van der Waals surface area contributed by atoms with E-state index < -0.39 is 16.0 Å². The van der Waals surface area contributed by atoms with Crippen molar-refractivity contribution in [2.45, 2.75) is 32.6 Å². The number of para-hydroxylation sites is 2. The first-order valence-electron chi connectivity index (χ1n) is 11.1. The van der Waals surface area contributed by atoms with Crippen molar-refractivity contribution in [1.29, 1.82) is 0 Å². The van der Waals surface area contributed by atoms with E-state index in [2.05, 4.69) is 0 Å². The van der Waals surface area contributed by atoms with Crippen LogP contribution in [-0.4, -0.2) is 59.0 Å². The number of hydrogen-bond acceptors (Lipinski definition) is 6. The van der Waals surface area contributed by atoms with Crippen LogP contribution in [-0.2, 0) is 19.6 Å². The summed E-state index contributed by atoms with van der Waals surface area (Å²) in [5, 5.41) is 0. The normalized spacial score (nSPS) is 11.4. The Morgan fingerprint density at radius 1 is 0.912 bits per heavy atom. The number of amides is 1. The summed E-state index contributed by atoms with van der Waals surface area (Å²) in [5.74, 6) is 0.0592. The molecule has 2 aromatic rings. The highest BCUT2D eigenvalue weighted by Gasteiger charge is 2.24. The molecular formula is C25H34N2O6S. The first kappa shape index (κ1) is 27.2. The zero-order chi connectivity index (χ0) is 25.5. The van der Waals surface area contributed by atoms with Gasteiger partial charge in [0.1, 0.15) is 5.75 Å². The molecule has 0 aliphatic heterocycles. The standard InChI is InChI=1S/C25H34N2O6S/c1-18(2)15-27(16-19(3)4)24(28)17-33-25(29)20-11-13-21(14-12-20)34(30,31)26(5)22-9-7-8-10-23(22)32-6/h7-14,18-19H,15-17H2,1-6H3. The van der Waals surface area contributed by atoms with Crippen molar-refractivity contribution in [3.63, 3.8) is 0 Å². The SMILES string of the molecule is COc1ccccc1N(C)S(=O)(=O)c1ccc(C(=O)OCC(=O)N(CC(C)C)CC(C)C)cc1. The smallest absolute Gasteiger partial charge is 0.338 e. The van der Waals surface area contributed by atoms with E-state index in [0.717, 1.165) is 4.31 Å². The van der Waals surface area contributed by atoms with E-state index in [1.165, 1.54) is 38.4 Å². The monoisotopic (exact) mass is 490 g/mol. The lowest BCUT2D eigenvalue weighted by Crippen LogP contribution is -2.39. The van der Waals surface area contributed by atoms with Gasteiger partial charge in [-0.3, -0.25) is 9.10 Å². The van der Waals surface area contributed by atoms with Crippen LogP contribution in [0.4, 0.5) is 5.69 Å². The number of sulfonamides is 1. The molecule has 0 atom stereocenters. The van der Waals surface area contributed by atoms with E-state index in [-0.39, 0.29) is 23.0 Å². The first-order valence-corrected chi connectivity index (χ1v) is 12.6. The second kappa shape index (κ2) is 11.9. The highest BCUT2D eigenvalue weighted by atomic mass is 32.2. The molecule has 0 aliphatic carbocycles. The number of anilines is 1. The fourth-order valence-electron chi connectivity index (χ4n) is 3.40. The minimum atomic E-state index is -3.89. The van der Waals surface area contributed by atoms with E-state index in [4.69, 9.17) is 9.47 Å². The van der Waals surface area contributed by atoms with Gasteiger partial charge in [-0.1, -0.05) is 39.8 Å². The van der Waals surface area contributed by atoms with Gasteiger partial charge in [-0.25, -0.2) is 13.2 Å². The topological polar surface area (TPSA) is 93.2 Å². The molecule has 0 unspecified atom stereocenters. The molecule has 8 nitrogen and oxygen atoms in total. The Morgan fingerprint density at radius 2 is 1.47 bits per heavy atom. The molecule has 0 heterocycles. The summed E-state index contributed by atoms with van der Waals surface area (Å²) in [6, 6.07) is 12.2. The molecule has 34 heavy (non-hydrogen) atoms. The van der Waals surface area contributed by atoms with Crippen LogP contribution in [0.1, 0.15) is 38.1 Å². The van der Waals surface area contributed by atoms with Gasteiger partial charge in [0.05, 0.1) is 23.3 Å². The largest absolute Gasteiger partial charge is 0.495 e. The van der Waals surface area contributed by atoms with Crippen LogP contribution in [0.25, 0.3) is 0 Å². The molecule has 2 aromatic carbocycles. The van der Waals surface area contributed by atoms with Crippen LogP contribution in [0.3, 0.4) is 0 Å². The molecule has 186 valence electrons. The quantitative estimate of drug-likeness (QED) is 0.445. The van der Waals surface area contributed by atoms with E-state index in [1.807, 2.05) is 27.7 Å². The van der Waals surface area contributed by atoms with Crippen LogP contribution >= 0.6 is 0 Å². The molecule has 0 saturated carbocycles. The number of hydrogen-bond donors (Lipinski definition) is 0. The molecule has 0 N–H and O–H groups in total. The number of benzene rings is 2. The summed E-state index contributed by atoms with van der Waals surface area (Å²) < 4.78 is 37.7. The van der Waals surface area contributed by atoms with Gasteiger partial charge in [0.15, 0.2) is 6.61 Å². The molecule has 0 fully saturated rings. The predicted octanol–water partition coefficient (Wildman–Crippen LogP) is 3.82. The molecule has 0 saturated heterocycles. The second-order valence-corrected chi connectivity index (χ2v) is 10.8. The maximum absolute atomic E-state index is 13.1. The maximum Gasteiger partial charge on any atom is 0.338 e. The molecule has 9 heteroatoms. The van der Waals surface area contributed by atoms with Gasteiger partial charge in [0, 0.05) is 20.1 Å². The van der Waals surface area contributed by atoms with E-state index in [9.17, 15) is 18.0 Å². The van der Waals surface area contributed by atoms with Gasteiger partial charge < -0.3 is 14.4 Å². The number of esters is 1. The van der Waals surface area contributed by atoms with Crippen LogP contribution < -0.4 is 9.04 Å². The Balaban J connectivity index is 2.09. The zero-order valence-corrected chi connectivity index (χ0v) is 21.5. The molecule has 0 spiro atoms.